The lowest BCUT2D eigenvalue weighted by Gasteiger charge is -2.08. The summed E-state index contributed by atoms with van der Waals surface area (Å²) in [7, 11) is 0. The fourth-order valence-corrected chi connectivity index (χ4v) is 2.65. The highest BCUT2D eigenvalue weighted by atomic mass is 35.5. The van der Waals surface area contributed by atoms with E-state index in [4.69, 9.17) is 21.9 Å². The molecule has 0 bridgehead atoms. The van der Waals surface area contributed by atoms with E-state index in [1.807, 2.05) is 44.2 Å². The molecule has 0 aliphatic heterocycles. The summed E-state index contributed by atoms with van der Waals surface area (Å²) in [5, 5.41) is 7.96. The van der Waals surface area contributed by atoms with E-state index in [0.717, 1.165) is 29.2 Å². The van der Waals surface area contributed by atoms with E-state index < -0.39 is 0 Å². The Hall–Kier alpha value is -2.60. The van der Waals surface area contributed by atoms with Crippen molar-refractivity contribution < 1.29 is 4.52 Å². The van der Waals surface area contributed by atoms with Gasteiger partial charge in [0.05, 0.1) is 17.0 Å². The second-order valence-corrected chi connectivity index (χ2v) is 5.94. The van der Waals surface area contributed by atoms with E-state index in [-0.39, 0.29) is 5.95 Å². The second-order valence-electron chi connectivity index (χ2n) is 5.50. The van der Waals surface area contributed by atoms with Crippen LogP contribution in [0.15, 0.2) is 34.9 Å². The van der Waals surface area contributed by atoms with Crippen LogP contribution < -0.4 is 11.1 Å². The number of rotatable bonds is 5. The van der Waals surface area contributed by atoms with Crippen LogP contribution in [0.4, 0.5) is 11.8 Å². The zero-order valence-corrected chi connectivity index (χ0v) is 14.3. The molecule has 0 fully saturated rings. The summed E-state index contributed by atoms with van der Waals surface area (Å²) in [5.41, 5.74) is 9.36. The molecule has 0 saturated heterocycles. The van der Waals surface area contributed by atoms with Gasteiger partial charge in [0, 0.05) is 17.6 Å². The third kappa shape index (κ3) is 3.65. The smallest absolute Gasteiger partial charge is 0.222 e. The van der Waals surface area contributed by atoms with Crippen LogP contribution in [0, 0.1) is 13.8 Å². The Morgan fingerprint density at radius 2 is 1.92 bits per heavy atom. The zero-order valence-electron chi connectivity index (χ0n) is 13.5. The Morgan fingerprint density at radius 3 is 2.58 bits per heavy atom. The third-order valence-corrected chi connectivity index (χ3v) is 3.92. The predicted molar refractivity (Wildman–Crippen MR) is 95.1 cm³/mol. The van der Waals surface area contributed by atoms with Crippen LogP contribution >= 0.6 is 11.6 Å². The van der Waals surface area contributed by atoms with Crippen LogP contribution in [0.1, 0.15) is 17.0 Å². The molecule has 0 atom stereocenters. The van der Waals surface area contributed by atoms with Gasteiger partial charge >= 0.3 is 0 Å². The molecule has 0 radical (unpaired) electrons. The monoisotopic (exact) mass is 343 g/mol. The number of nitrogens with one attached hydrogen (secondary N) is 1. The van der Waals surface area contributed by atoms with Crippen molar-refractivity contribution in [1.29, 1.82) is 0 Å². The molecule has 0 saturated carbocycles. The minimum atomic E-state index is 0.210. The zero-order chi connectivity index (χ0) is 17.1. The van der Waals surface area contributed by atoms with Crippen molar-refractivity contribution in [2.24, 2.45) is 0 Å². The first kappa shape index (κ1) is 16.3. The number of hydrogen-bond acceptors (Lipinski definition) is 6. The lowest BCUT2D eigenvalue weighted by atomic mass is 10.1. The maximum atomic E-state index is 5.89. The number of aryl methyl sites for hydroxylation is 2. The van der Waals surface area contributed by atoms with Crippen molar-refractivity contribution in [3.63, 3.8) is 0 Å². The Bertz CT molecular complexity index is 825. The summed E-state index contributed by atoms with van der Waals surface area (Å²) in [5.74, 6) is 1.59. The summed E-state index contributed by atoms with van der Waals surface area (Å²) < 4.78 is 5.20. The molecule has 3 N–H and O–H groups in total. The maximum absolute atomic E-state index is 5.89. The van der Waals surface area contributed by atoms with Gasteiger partial charge in [-0.25, -0.2) is 4.98 Å². The number of nitrogen functional groups attached to an aromatic ring is 1. The third-order valence-electron chi connectivity index (χ3n) is 3.67. The van der Waals surface area contributed by atoms with Crippen molar-refractivity contribution in [3.05, 3.63) is 52.4 Å². The topological polar surface area (TPSA) is 89.9 Å². The molecule has 0 aliphatic rings. The van der Waals surface area contributed by atoms with Gasteiger partial charge in [-0.2, -0.15) is 4.98 Å². The summed E-state index contributed by atoms with van der Waals surface area (Å²) in [6, 6.07) is 9.64. The fourth-order valence-electron chi connectivity index (χ4n) is 2.52. The number of halogens is 1. The van der Waals surface area contributed by atoms with Crippen molar-refractivity contribution >= 4 is 23.4 Å². The SMILES string of the molecule is Cc1noc(C)c1-c1cc(NCCc2ccc(Cl)cc2)nc(N)n1. The van der Waals surface area contributed by atoms with Gasteiger partial charge in [0.15, 0.2) is 0 Å². The van der Waals surface area contributed by atoms with Gasteiger partial charge in [-0.1, -0.05) is 28.9 Å². The first-order valence-corrected chi connectivity index (χ1v) is 7.97. The number of nitrogens with zero attached hydrogens (tertiary/aromatic N) is 3. The minimum absolute atomic E-state index is 0.210. The molecule has 0 spiro atoms. The quantitative estimate of drug-likeness (QED) is 0.735. The van der Waals surface area contributed by atoms with Gasteiger partial charge in [0.2, 0.25) is 5.95 Å². The van der Waals surface area contributed by atoms with Crippen LogP contribution in [0.3, 0.4) is 0 Å². The van der Waals surface area contributed by atoms with Crippen LogP contribution in [0.2, 0.25) is 5.02 Å². The molecule has 2 aromatic heterocycles. The van der Waals surface area contributed by atoms with Crippen molar-refractivity contribution in [2.75, 3.05) is 17.6 Å². The highest BCUT2D eigenvalue weighted by Crippen LogP contribution is 2.27. The predicted octanol–water partition coefficient (Wildman–Crippen LogP) is 3.64. The van der Waals surface area contributed by atoms with Gasteiger partial charge in [0.1, 0.15) is 11.6 Å². The van der Waals surface area contributed by atoms with E-state index in [1.54, 1.807) is 0 Å². The van der Waals surface area contributed by atoms with E-state index in [9.17, 15) is 0 Å². The van der Waals surface area contributed by atoms with Crippen LogP contribution in [0.25, 0.3) is 11.3 Å². The number of benzene rings is 1. The van der Waals surface area contributed by atoms with E-state index in [2.05, 4.69) is 20.4 Å². The summed E-state index contributed by atoms with van der Waals surface area (Å²) in [4.78, 5) is 8.52. The van der Waals surface area contributed by atoms with Gasteiger partial charge < -0.3 is 15.6 Å². The molecule has 0 amide bonds. The van der Waals surface area contributed by atoms with Crippen molar-refractivity contribution in [2.45, 2.75) is 20.3 Å². The second kappa shape index (κ2) is 6.88. The van der Waals surface area contributed by atoms with Gasteiger partial charge in [-0.3, -0.25) is 0 Å². The van der Waals surface area contributed by atoms with Gasteiger partial charge in [0.25, 0.3) is 0 Å². The molecule has 124 valence electrons. The van der Waals surface area contributed by atoms with E-state index in [0.29, 0.717) is 17.3 Å². The Labute approximate surface area is 145 Å². The molecule has 0 aliphatic carbocycles. The standard InChI is InChI=1S/C17H18ClN5O/c1-10-16(11(2)24-23-10)14-9-15(22-17(19)21-14)20-8-7-12-3-5-13(18)6-4-12/h3-6,9H,7-8H2,1-2H3,(H3,19,20,21,22). The molecule has 3 rings (SSSR count). The highest BCUT2D eigenvalue weighted by molar-refractivity contribution is 6.30. The van der Waals surface area contributed by atoms with E-state index >= 15 is 0 Å². The number of anilines is 2. The lowest BCUT2D eigenvalue weighted by Crippen LogP contribution is -2.08. The fraction of sp³-hybridized carbons (Fsp3) is 0.235. The number of aromatic nitrogens is 3. The number of nitrogens with two attached hydrogens (primary N) is 1. The molecule has 1 aromatic carbocycles. The van der Waals surface area contributed by atoms with Crippen LogP contribution in [-0.4, -0.2) is 21.7 Å². The molecule has 24 heavy (non-hydrogen) atoms. The molecule has 0 unspecified atom stereocenters. The van der Waals surface area contributed by atoms with Crippen molar-refractivity contribution in [1.82, 2.24) is 15.1 Å². The molecule has 3 aromatic rings. The molecular formula is C17H18ClN5O. The average Bonchev–Trinajstić information content (AvgIpc) is 2.88. The Balaban J connectivity index is 1.73. The Kier molecular flexibility index (Phi) is 4.66. The average molecular weight is 344 g/mol. The molecule has 7 heteroatoms. The van der Waals surface area contributed by atoms with Crippen LogP contribution in [-0.2, 0) is 6.42 Å². The first-order chi connectivity index (χ1) is 11.5. The summed E-state index contributed by atoms with van der Waals surface area (Å²) >= 11 is 5.89. The summed E-state index contributed by atoms with van der Waals surface area (Å²) in [6.07, 6.45) is 0.849. The number of hydrogen-bond donors (Lipinski definition) is 2. The molecule has 2 heterocycles. The largest absolute Gasteiger partial charge is 0.370 e. The normalized spacial score (nSPS) is 10.8. The maximum Gasteiger partial charge on any atom is 0.222 e. The van der Waals surface area contributed by atoms with E-state index in [1.165, 1.54) is 5.56 Å². The molecular weight excluding hydrogens is 326 g/mol. The highest BCUT2D eigenvalue weighted by Gasteiger charge is 2.14. The molecule has 6 nitrogen and oxygen atoms in total. The Morgan fingerprint density at radius 1 is 1.17 bits per heavy atom. The first-order valence-electron chi connectivity index (χ1n) is 7.59. The van der Waals surface area contributed by atoms with Gasteiger partial charge in [-0.15, -0.1) is 0 Å². The van der Waals surface area contributed by atoms with Gasteiger partial charge in [-0.05, 0) is 38.0 Å². The van der Waals surface area contributed by atoms with Crippen molar-refractivity contribution in [3.8, 4) is 11.3 Å². The minimum Gasteiger partial charge on any atom is -0.370 e. The lowest BCUT2D eigenvalue weighted by molar-refractivity contribution is 0.393. The van der Waals surface area contributed by atoms with Crippen LogP contribution in [0.5, 0.6) is 0 Å². The summed E-state index contributed by atoms with van der Waals surface area (Å²) in [6.45, 7) is 4.44.